The average Bonchev–Trinajstić information content (AvgIpc) is 2.92. The molecule has 4 aromatic rings. The van der Waals surface area contributed by atoms with Crippen molar-refractivity contribution in [3.63, 3.8) is 0 Å². The molecule has 34 heavy (non-hydrogen) atoms. The number of hydrogen-bond acceptors (Lipinski definition) is 4. The zero-order valence-corrected chi connectivity index (χ0v) is 19.0. The van der Waals surface area contributed by atoms with Crippen LogP contribution in [-0.4, -0.2) is 25.9 Å². The molecule has 0 aliphatic rings. The molecule has 0 heterocycles. The summed E-state index contributed by atoms with van der Waals surface area (Å²) in [5.41, 5.74) is 2.27. The van der Waals surface area contributed by atoms with Gasteiger partial charge in [0.05, 0.1) is 14.2 Å². The second-order valence-electron chi connectivity index (χ2n) is 7.65. The van der Waals surface area contributed by atoms with E-state index in [1.807, 2.05) is 60.7 Å². The Balaban J connectivity index is 1.88. The molecule has 170 valence electrons. The highest BCUT2D eigenvalue weighted by molar-refractivity contribution is 6.13. The van der Waals surface area contributed by atoms with Gasteiger partial charge < -0.3 is 9.47 Å². The van der Waals surface area contributed by atoms with Gasteiger partial charge in [0.25, 0.3) is 5.91 Å². The predicted molar refractivity (Wildman–Crippen MR) is 133 cm³/mol. The number of methoxy groups -OCH3 is 2. The van der Waals surface area contributed by atoms with Crippen LogP contribution in [0.5, 0.6) is 11.5 Å². The van der Waals surface area contributed by atoms with Crippen molar-refractivity contribution in [1.82, 2.24) is 0 Å². The van der Waals surface area contributed by atoms with Crippen molar-refractivity contribution in [2.24, 2.45) is 0 Å². The quantitative estimate of drug-likeness (QED) is 0.310. The number of nitrogens with zero attached hydrogens (tertiary/aromatic N) is 1. The number of Topliss-reactive ketones (excluding diaryl/α,β-unsaturated/α-hetero) is 1. The van der Waals surface area contributed by atoms with E-state index in [0.29, 0.717) is 33.9 Å². The van der Waals surface area contributed by atoms with E-state index in [4.69, 9.17) is 9.47 Å². The zero-order valence-electron chi connectivity index (χ0n) is 19.0. The highest BCUT2D eigenvalue weighted by atomic mass is 16.5. The maximum atomic E-state index is 14.0. The maximum absolute atomic E-state index is 14.0. The molecule has 0 bridgehead atoms. The number of carbonyl (C=O) groups is 2. The fourth-order valence-electron chi connectivity index (χ4n) is 3.81. The summed E-state index contributed by atoms with van der Waals surface area (Å²) >= 11 is 0. The van der Waals surface area contributed by atoms with Gasteiger partial charge in [-0.1, -0.05) is 48.5 Å². The normalized spacial score (nSPS) is 11.4. The van der Waals surface area contributed by atoms with Gasteiger partial charge in [-0.15, -0.1) is 0 Å². The van der Waals surface area contributed by atoms with Gasteiger partial charge in [-0.25, -0.2) is 0 Å². The molecule has 4 rings (SSSR count). The molecular formula is C29H25NO4. The van der Waals surface area contributed by atoms with Gasteiger partial charge in [-0.05, 0) is 66.2 Å². The minimum atomic E-state index is -0.894. The lowest BCUT2D eigenvalue weighted by Gasteiger charge is -2.32. The minimum Gasteiger partial charge on any atom is -0.497 e. The molecule has 1 amide bonds. The summed E-state index contributed by atoms with van der Waals surface area (Å²) in [6, 6.07) is 31.5. The third-order valence-corrected chi connectivity index (χ3v) is 5.59. The number of ketones is 1. The molecule has 0 aliphatic heterocycles. The first-order chi connectivity index (χ1) is 16.6. The first-order valence-electron chi connectivity index (χ1n) is 10.9. The van der Waals surface area contributed by atoms with Crippen LogP contribution in [0.15, 0.2) is 109 Å². The van der Waals surface area contributed by atoms with Gasteiger partial charge in [-0.3, -0.25) is 14.5 Å². The summed E-state index contributed by atoms with van der Waals surface area (Å²) in [5.74, 6) is 0.841. The average molecular weight is 452 g/mol. The van der Waals surface area contributed by atoms with Crippen molar-refractivity contribution < 1.29 is 19.1 Å². The molecule has 1 unspecified atom stereocenters. The molecule has 0 spiro atoms. The molecular weight excluding hydrogens is 426 g/mol. The van der Waals surface area contributed by atoms with Crippen LogP contribution in [0.25, 0.3) is 0 Å². The predicted octanol–water partition coefficient (Wildman–Crippen LogP) is 5.97. The monoisotopic (exact) mass is 451 g/mol. The third kappa shape index (κ3) is 4.84. The van der Waals surface area contributed by atoms with Crippen LogP contribution in [-0.2, 0) is 0 Å². The van der Waals surface area contributed by atoms with Gasteiger partial charge in [0.15, 0.2) is 5.78 Å². The number of carbonyl (C=O) groups excluding carboxylic acids is 2. The molecule has 0 fully saturated rings. The van der Waals surface area contributed by atoms with E-state index in [2.05, 4.69) is 0 Å². The van der Waals surface area contributed by atoms with E-state index < -0.39 is 6.04 Å². The van der Waals surface area contributed by atoms with Gasteiger partial charge in [0.2, 0.25) is 0 Å². The lowest BCUT2D eigenvalue weighted by molar-refractivity contribution is 0.0896. The van der Waals surface area contributed by atoms with Gasteiger partial charge in [0.1, 0.15) is 17.5 Å². The van der Waals surface area contributed by atoms with Crippen molar-refractivity contribution >= 4 is 17.4 Å². The Hall–Kier alpha value is -4.38. The lowest BCUT2D eigenvalue weighted by atomic mass is 9.94. The molecule has 5 heteroatoms. The Kier molecular flexibility index (Phi) is 7.04. The van der Waals surface area contributed by atoms with Crippen molar-refractivity contribution in [1.29, 1.82) is 0 Å². The molecule has 0 aromatic heterocycles. The van der Waals surface area contributed by atoms with Crippen LogP contribution in [0.1, 0.15) is 32.3 Å². The van der Waals surface area contributed by atoms with Crippen molar-refractivity contribution in [3.05, 3.63) is 126 Å². The summed E-state index contributed by atoms with van der Waals surface area (Å²) in [6.07, 6.45) is 0. The Bertz CT molecular complexity index is 1240. The Morgan fingerprint density at radius 3 is 1.65 bits per heavy atom. The highest BCUT2D eigenvalue weighted by Gasteiger charge is 2.34. The fraction of sp³-hybridized carbons (Fsp3) is 0.103. The first kappa shape index (κ1) is 22.8. The van der Waals surface area contributed by atoms with E-state index in [1.54, 1.807) is 67.7 Å². The smallest absolute Gasteiger partial charge is 0.259 e. The number of amides is 1. The maximum Gasteiger partial charge on any atom is 0.259 e. The summed E-state index contributed by atoms with van der Waals surface area (Å²) in [6.45, 7) is 0. The number of ether oxygens (including phenoxy) is 2. The van der Waals surface area contributed by atoms with Crippen LogP contribution in [0.2, 0.25) is 0 Å². The van der Waals surface area contributed by atoms with E-state index in [9.17, 15) is 9.59 Å². The van der Waals surface area contributed by atoms with Crippen molar-refractivity contribution in [2.45, 2.75) is 6.04 Å². The SMILES string of the molecule is COc1ccc(C(=O)C(c2ccc(OC)cc2)N(C(=O)c2ccccc2)c2ccccc2)cc1. The number of para-hydroxylation sites is 1. The van der Waals surface area contributed by atoms with Crippen LogP contribution in [0, 0.1) is 0 Å². The van der Waals surface area contributed by atoms with Gasteiger partial charge >= 0.3 is 0 Å². The molecule has 0 radical (unpaired) electrons. The van der Waals surface area contributed by atoms with Gasteiger partial charge in [0, 0.05) is 16.8 Å². The second-order valence-corrected chi connectivity index (χ2v) is 7.65. The van der Waals surface area contributed by atoms with E-state index in [0.717, 1.165) is 0 Å². The van der Waals surface area contributed by atoms with Gasteiger partial charge in [-0.2, -0.15) is 0 Å². The summed E-state index contributed by atoms with van der Waals surface area (Å²) < 4.78 is 10.5. The molecule has 0 aliphatic carbocycles. The standard InChI is InChI=1S/C29H25NO4/c1-33-25-17-13-21(14-18-25)27(28(31)22-15-19-26(34-2)20-16-22)30(24-11-7-4-8-12-24)29(32)23-9-5-3-6-10-23/h3-20,27H,1-2H3. The van der Waals surface area contributed by atoms with Crippen LogP contribution in [0.3, 0.4) is 0 Å². The second kappa shape index (κ2) is 10.5. The number of anilines is 1. The summed E-state index contributed by atoms with van der Waals surface area (Å²) in [5, 5.41) is 0. The zero-order chi connectivity index (χ0) is 23.9. The Morgan fingerprint density at radius 2 is 1.12 bits per heavy atom. The lowest BCUT2D eigenvalue weighted by Crippen LogP contribution is -2.39. The fourth-order valence-corrected chi connectivity index (χ4v) is 3.81. The number of benzene rings is 4. The van der Waals surface area contributed by atoms with Crippen molar-refractivity contribution in [2.75, 3.05) is 19.1 Å². The van der Waals surface area contributed by atoms with Crippen LogP contribution < -0.4 is 14.4 Å². The molecule has 0 saturated carbocycles. The van der Waals surface area contributed by atoms with E-state index in [1.165, 1.54) is 0 Å². The molecule has 0 saturated heterocycles. The van der Waals surface area contributed by atoms with E-state index >= 15 is 0 Å². The largest absolute Gasteiger partial charge is 0.497 e. The summed E-state index contributed by atoms with van der Waals surface area (Å²) in [7, 11) is 3.16. The Labute approximate surface area is 199 Å². The van der Waals surface area contributed by atoms with Crippen molar-refractivity contribution in [3.8, 4) is 11.5 Å². The number of hydrogen-bond donors (Lipinski definition) is 0. The third-order valence-electron chi connectivity index (χ3n) is 5.59. The first-order valence-corrected chi connectivity index (χ1v) is 10.9. The molecule has 4 aromatic carbocycles. The summed E-state index contributed by atoms with van der Waals surface area (Å²) in [4.78, 5) is 29.4. The number of rotatable bonds is 8. The molecule has 1 atom stereocenters. The van der Waals surface area contributed by atoms with Crippen LogP contribution >= 0.6 is 0 Å². The topological polar surface area (TPSA) is 55.8 Å². The van der Waals surface area contributed by atoms with Crippen LogP contribution in [0.4, 0.5) is 5.69 Å². The molecule has 5 nitrogen and oxygen atoms in total. The highest BCUT2D eigenvalue weighted by Crippen LogP contribution is 2.33. The molecule has 0 N–H and O–H groups in total. The Morgan fingerprint density at radius 1 is 0.618 bits per heavy atom. The minimum absolute atomic E-state index is 0.207. The van der Waals surface area contributed by atoms with E-state index in [-0.39, 0.29) is 11.7 Å².